The quantitative estimate of drug-likeness (QED) is 0.560. The van der Waals surface area contributed by atoms with Crippen LogP contribution in [0, 0.1) is 25.2 Å². The summed E-state index contributed by atoms with van der Waals surface area (Å²) in [6.07, 6.45) is 2.20. The van der Waals surface area contributed by atoms with Crippen molar-refractivity contribution in [2.45, 2.75) is 48.0 Å². The van der Waals surface area contributed by atoms with Crippen LogP contribution in [0.3, 0.4) is 0 Å². The molecule has 2 atom stereocenters. The van der Waals surface area contributed by atoms with E-state index in [0.717, 1.165) is 22.9 Å². The van der Waals surface area contributed by atoms with Crippen molar-refractivity contribution in [1.82, 2.24) is 0 Å². The summed E-state index contributed by atoms with van der Waals surface area (Å²) in [7, 11) is 0.404. The Hall–Kier alpha value is -0.0826. The Kier molecular flexibility index (Phi) is 8.35. The van der Waals surface area contributed by atoms with Crippen LogP contribution < -0.4 is 0 Å². The van der Waals surface area contributed by atoms with Crippen molar-refractivity contribution in [2.24, 2.45) is 11.3 Å². The molecule has 0 amide bonds. The minimum Gasteiger partial charge on any atom is -0.289 e. The molecule has 0 saturated carbocycles. The monoisotopic (exact) mass is 285 g/mol. The molecule has 0 aliphatic heterocycles. The van der Waals surface area contributed by atoms with Gasteiger partial charge in [-0.05, 0) is 57.5 Å². The second kappa shape index (κ2) is 8.38. The van der Waals surface area contributed by atoms with Crippen LogP contribution in [0.15, 0.2) is 18.2 Å². The van der Waals surface area contributed by atoms with Crippen molar-refractivity contribution in [3.05, 3.63) is 34.9 Å². The van der Waals surface area contributed by atoms with Crippen LogP contribution in [-0.4, -0.2) is 30.5 Å². The molecular weight excluding hydrogens is 258 g/mol. The fourth-order valence-corrected chi connectivity index (χ4v) is 3.89. The van der Waals surface area contributed by atoms with Gasteiger partial charge < -0.3 is 0 Å². The summed E-state index contributed by atoms with van der Waals surface area (Å²) in [5, 5.41) is 0. The predicted octanol–water partition coefficient (Wildman–Crippen LogP) is 4.81. The summed E-state index contributed by atoms with van der Waals surface area (Å²) in [4.78, 5) is 12.4. The topological polar surface area (TPSA) is 17.1 Å². The van der Waals surface area contributed by atoms with Crippen LogP contribution in [0.2, 0.25) is 0 Å². The molecule has 0 fully saturated rings. The third-order valence-corrected chi connectivity index (χ3v) is 4.75. The van der Waals surface area contributed by atoms with E-state index in [1.165, 1.54) is 6.42 Å². The Morgan fingerprint density at radius 3 is 2.15 bits per heavy atom. The molecular formula is C17H27LiOP. The summed E-state index contributed by atoms with van der Waals surface area (Å²) in [5.74, 6) is 0.617. The maximum absolute atomic E-state index is 12.4. The number of carbonyl (C=O) groups excluding carboxylic acids is 1. The number of rotatable bonds is 5. The second-order valence-electron chi connectivity index (χ2n) is 6.85. The minimum atomic E-state index is 0. The molecule has 2 unspecified atom stereocenters. The summed E-state index contributed by atoms with van der Waals surface area (Å²) in [5.41, 5.74) is 3.85. The molecule has 1 radical (unpaired) electrons. The number of aryl methyl sites for hydroxylation is 2. The van der Waals surface area contributed by atoms with E-state index in [2.05, 4.69) is 27.7 Å². The third kappa shape index (κ3) is 6.58. The average Bonchev–Trinajstić information content (AvgIpc) is 2.23. The van der Waals surface area contributed by atoms with E-state index in [0.29, 0.717) is 25.4 Å². The van der Waals surface area contributed by atoms with Gasteiger partial charge in [-0.25, -0.2) is 0 Å². The van der Waals surface area contributed by atoms with Gasteiger partial charge in [-0.1, -0.05) is 45.9 Å². The molecule has 0 heterocycles. The first kappa shape index (κ1) is 19.9. The van der Waals surface area contributed by atoms with Crippen molar-refractivity contribution in [3.8, 4) is 0 Å². The van der Waals surface area contributed by atoms with Gasteiger partial charge in [0, 0.05) is 24.4 Å². The molecule has 0 saturated heterocycles. The van der Waals surface area contributed by atoms with Crippen molar-refractivity contribution in [2.75, 3.05) is 6.16 Å². The molecule has 0 aromatic heterocycles. The number of carbonyl (C=O) groups is 1. The zero-order valence-electron chi connectivity index (χ0n) is 14.1. The molecule has 107 valence electrons. The zero-order valence-corrected chi connectivity index (χ0v) is 15.1. The first-order valence-electron chi connectivity index (χ1n) is 7.05. The molecule has 1 rings (SSSR count). The molecule has 0 N–H and O–H groups in total. The van der Waals surface area contributed by atoms with Crippen molar-refractivity contribution >= 4 is 33.0 Å². The largest absolute Gasteiger partial charge is 0.289 e. The first-order chi connectivity index (χ1) is 8.70. The van der Waals surface area contributed by atoms with E-state index >= 15 is 0 Å². The smallest absolute Gasteiger partial charge is 0.181 e. The summed E-state index contributed by atoms with van der Waals surface area (Å²) >= 11 is 0. The zero-order chi connectivity index (χ0) is 14.6. The fraction of sp³-hybridized carbons (Fsp3) is 0.588. The number of hydrogen-bond donors (Lipinski definition) is 0. The van der Waals surface area contributed by atoms with Gasteiger partial charge in [-0.3, -0.25) is 4.79 Å². The van der Waals surface area contributed by atoms with Crippen molar-refractivity contribution in [3.63, 3.8) is 0 Å². The fourth-order valence-electron chi connectivity index (χ4n) is 2.65. The maximum atomic E-state index is 12.4. The van der Waals surface area contributed by atoms with Crippen molar-refractivity contribution in [1.29, 1.82) is 0 Å². The standard InChI is InChI=1S/C17H27OP.Li/c1-12(10-17(4,5)6)11-19-16(18)15-13(2)8-7-9-14(15)3;/h7-9,12,19H,10-11H2,1-6H3;. The Morgan fingerprint density at radius 1 is 1.20 bits per heavy atom. The van der Waals surface area contributed by atoms with E-state index < -0.39 is 0 Å². The van der Waals surface area contributed by atoms with Gasteiger partial charge >= 0.3 is 0 Å². The van der Waals surface area contributed by atoms with Gasteiger partial charge in [-0.2, -0.15) is 0 Å². The number of benzene rings is 1. The van der Waals surface area contributed by atoms with Gasteiger partial charge in [0.1, 0.15) is 0 Å². The Morgan fingerprint density at radius 2 is 1.70 bits per heavy atom. The Labute approximate surface area is 138 Å². The van der Waals surface area contributed by atoms with Crippen LogP contribution in [0.1, 0.15) is 55.6 Å². The van der Waals surface area contributed by atoms with E-state index in [4.69, 9.17) is 0 Å². The van der Waals surface area contributed by atoms with E-state index in [9.17, 15) is 4.79 Å². The van der Waals surface area contributed by atoms with Crippen LogP contribution in [-0.2, 0) is 0 Å². The Bertz CT molecular complexity index is 429. The van der Waals surface area contributed by atoms with Gasteiger partial charge in [-0.15, -0.1) is 0 Å². The van der Waals surface area contributed by atoms with E-state index in [1.807, 2.05) is 32.0 Å². The van der Waals surface area contributed by atoms with E-state index in [-0.39, 0.29) is 18.9 Å². The molecule has 20 heavy (non-hydrogen) atoms. The van der Waals surface area contributed by atoms with Gasteiger partial charge in [0.2, 0.25) is 0 Å². The molecule has 1 aromatic rings. The molecule has 3 heteroatoms. The maximum Gasteiger partial charge on any atom is 0.181 e. The van der Waals surface area contributed by atoms with Crippen LogP contribution >= 0.6 is 8.58 Å². The molecule has 0 aliphatic rings. The van der Waals surface area contributed by atoms with Crippen LogP contribution in [0.4, 0.5) is 0 Å². The Balaban J connectivity index is 0.00000361. The summed E-state index contributed by atoms with van der Waals surface area (Å²) in [6, 6.07) is 6.08. The predicted molar refractivity (Wildman–Crippen MR) is 92.4 cm³/mol. The van der Waals surface area contributed by atoms with Gasteiger partial charge in [0.25, 0.3) is 0 Å². The molecule has 0 spiro atoms. The van der Waals surface area contributed by atoms with Gasteiger partial charge in [0.05, 0.1) is 0 Å². The minimum absolute atomic E-state index is 0. The number of hydrogen-bond acceptors (Lipinski definition) is 1. The van der Waals surface area contributed by atoms with Gasteiger partial charge in [0.15, 0.2) is 5.52 Å². The molecule has 1 aromatic carbocycles. The summed E-state index contributed by atoms with van der Waals surface area (Å²) in [6.45, 7) is 13.1. The van der Waals surface area contributed by atoms with Crippen LogP contribution in [0.5, 0.6) is 0 Å². The van der Waals surface area contributed by atoms with Crippen LogP contribution in [0.25, 0.3) is 0 Å². The average molecular weight is 285 g/mol. The third-order valence-electron chi connectivity index (χ3n) is 3.28. The SMILES string of the molecule is Cc1cccc(C)c1C(=O)PCC(C)CC(C)(C)C.[Li]. The van der Waals surface area contributed by atoms with E-state index in [1.54, 1.807) is 0 Å². The summed E-state index contributed by atoms with van der Waals surface area (Å²) < 4.78 is 0. The molecule has 0 bridgehead atoms. The molecule has 1 nitrogen and oxygen atoms in total. The molecule has 0 aliphatic carbocycles. The normalized spacial score (nSPS) is 13.3. The van der Waals surface area contributed by atoms with Crippen molar-refractivity contribution < 1.29 is 4.79 Å². The second-order valence-corrected chi connectivity index (χ2v) is 8.06. The first-order valence-corrected chi connectivity index (χ1v) is 8.26.